The number of rotatable bonds is 1. The van der Waals surface area contributed by atoms with E-state index in [1.165, 1.54) is 7.11 Å². The second-order valence-corrected chi connectivity index (χ2v) is 2.30. The topological polar surface area (TPSA) is 59.4 Å². The molecule has 0 aromatic carbocycles. The molecule has 0 saturated carbocycles. The molecule has 0 aliphatic heterocycles. The number of nitrogens with zero attached hydrogens (tertiary/aromatic N) is 2. The number of hydrogen-bond donors (Lipinski definition) is 1. The van der Waals surface area contributed by atoms with E-state index < -0.39 is 0 Å². The van der Waals surface area contributed by atoms with E-state index in [1.807, 2.05) is 0 Å². The number of H-pyrrole nitrogens is 1. The fourth-order valence-electron chi connectivity index (χ4n) is 1.09. The Kier molecular flexibility index (Phi) is 1.36. The molecule has 1 N–H and O–H groups in total. The molecule has 2 rings (SSSR count). The lowest BCUT2D eigenvalue weighted by Crippen LogP contribution is -2.12. The summed E-state index contributed by atoms with van der Waals surface area (Å²) in [6.07, 6.45) is 1.72. The minimum atomic E-state index is -0.221. The van der Waals surface area contributed by atoms with Gasteiger partial charge in [0.15, 0.2) is 0 Å². The van der Waals surface area contributed by atoms with Crippen LogP contribution in [0, 0.1) is 0 Å². The number of ether oxygens (including phenoxy) is 1. The van der Waals surface area contributed by atoms with Gasteiger partial charge >= 0.3 is 6.01 Å². The van der Waals surface area contributed by atoms with Crippen LogP contribution >= 0.6 is 0 Å². The highest BCUT2D eigenvalue weighted by molar-refractivity contribution is 5.45. The van der Waals surface area contributed by atoms with Crippen molar-refractivity contribution < 1.29 is 4.74 Å². The zero-order valence-corrected chi connectivity index (χ0v) is 6.44. The third-order valence-electron chi connectivity index (χ3n) is 1.62. The fourth-order valence-corrected chi connectivity index (χ4v) is 1.09. The van der Waals surface area contributed by atoms with Crippen molar-refractivity contribution in [1.29, 1.82) is 0 Å². The zero-order valence-electron chi connectivity index (χ0n) is 6.44. The number of hydrogen-bond acceptors (Lipinski definition) is 3. The van der Waals surface area contributed by atoms with E-state index in [4.69, 9.17) is 4.74 Å². The van der Waals surface area contributed by atoms with Crippen molar-refractivity contribution >= 4 is 5.52 Å². The molecule has 0 radical (unpaired) electrons. The lowest BCUT2D eigenvalue weighted by Gasteiger charge is -1.99. The van der Waals surface area contributed by atoms with E-state index in [9.17, 15) is 4.79 Å². The van der Waals surface area contributed by atoms with E-state index in [-0.39, 0.29) is 5.56 Å². The Hall–Kier alpha value is -1.78. The molecule has 2 aromatic rings. The van der Waals surface area contributed by atoms with Gasteiger partial charge in [-0.15, -0.1) is 5.10 Å². The largest absolute Gasteiger partial charge is 0.467 e. The SMILES string of the molecule is COc1n[nH]c(=O)c2cccn12. The monoisotopic (exact) mass is 165 g/mol. The summed E-state index contributed by atoms with van der Waals surface area (Å²) >= 11 is 0. The van der Waals surface area contributed by atoms with E-state index in [2.05, 4.69) is 10.2 Å². The summed E-state index contributed by atoms with van der Waals surface area (Å²) in [5.74, 6) is 0. The van der Waals surface area contributed by atoms with Crippen LogP contribution in [0.15, 0.2) is 23.1 Å². The van der Waals surface area contributed by atoms with Crippen LogP contribution < -0.4 is 10.3 Å². The number of aromatic amines is 1. The van der Waals surface area contributed by atoms with Crippen molar-refractivity contribution in [3.8, 4) is 6.01 Å². The van der Waals surface area contributed by atoms with Gasteiger partial charge in [0.05, 0.1) is 7.11 Å². The lowest BCUT2D eigenvalue weighted by molar-refractivity contribution is 0.367. The van der Waals surface area contributed by atoms with Crippen molar-refractivity contribution in [2.24, 2.45) is 0 Å². The summed E-state index contributed by atoms with van der Waals surface area (Å²) in [5, 5.41) is 6.03. The highest BCUT2D eigenvalue weighted by Crippen LogP contribution is 2.05. The third kappa shape index (κ3) is 0.795. The van der Waals surface area contributed by atoms with Crippen LogP contribution in [0.5, 0.6) is 6.01 Å². The Balaban J connectivity index is 2.92. The van der Waals surface area contributed by atoms with Crippen LogP contribution in [0.2, 0.25) is 0 Å². The van der Waals surface area contributed by atoms with Crippen LogP contribution in [0.4, 0.5) is 0 Å². The number of nitrogens with one attached hydrogen (secondary N) is 1. The summed E-state index contributed by atoms with van der Waals surface area (Å²) < 4.78 is 6.50. The summed E-state index contributed by atoms with van der Waals surface area (Å²) in [6, 6.07) is 3.83. The second kappa shape index (κ2) is 2.37. The lowest BCUT2D eigenvalue weighted by atomic mass is 10.5. The molecule has 0 fully saturated rings. The Morgan fingerprint density at radius 2 is 2.50 bits per heavy atom. The maximum Gasteiger partial charge on any atom is 0.318 e. The van der Waals surface area contributed by atoms with Crippen molar-refractivity contribution in [3.63, 3.8) is 0 Å². The van der Waals surface area contributed by atoms with Gasteiger partial charge < -0.3 is 4.74 Å². The highest BCUT2D eigenvalue weighted by Gasteiger charge is 2.03. The van der Waals surface area contributed by atoms with Crippen LogP contribution in [-0.4, -0.2) is 21.7 Å². The van der Waals surface area contributed by atoms with E-state index in [0.29, 0.717) is 11.5 Å². The van der Waals surface area contributed by atoms with Crippen LogP contribution in [-0.2, 0) is 0 Å². The first-order valence-corrected chi connectivity index (χ1v) is 3.42. The van der Waals surface area contributed by atoms with Gasteiger partial charge in [-0.2, -0.15) is 0 Å². The van der Waals surface area contributed by atoms with Gasteiger partial charge in [0.1, 0.15) is 5.52 Å². The van der Waals surface area contributed by atoms with Crippen LogP contribution in [0.25, 0.3) is 5.52 Å². The van der Waals surface area contributed by atoms with E-state index in [0.717, 1.165) is 0 Å². The van der Waals surface area contributed by atoms with Gasteiger partial charge in [0, 0.05) is 6.20 Å². The standard InChI is InChI=1S/C7H7N3O2/c1-12-7-9-8-6(11)5-3-2-4-10(5)7/h2-4H,1H3,(H,8,11). The van der Waals surface area contributed by atoms with Gasteiger partial charge in [-0.25, -0.2) is 5.10 Å². The first-order chi connectivity index (χ1) is 5.83. The molecule has 5 heteroatoms. The molecule has 0 spiro atoms. The van der Waals surface area contributed by atoms with E-state index >= 15 is 0 Å². The Morgan fingerprint density at radius 1 is 1.67 bits per heavy atom. The quantitative estimate of drug-likeness (QED) is 0.648. The zero-order chi connectivity index (χ0) is 8.55. The maximum absolute atomic E-state index is 11.1. The Labute approximate surface area is 67.6 Å². The smallest absolute Gasteiger partial charge is 0.318 e. The summed E-state index contributed by atoms with van der Waals surface area (Å²) in [7, 11) is 1.50. The highest BCUT2D eigenvalue weighted by atomic mass is 16.5. The maximum atomic E-state index is 11.1. The molecule has 0 aliphatic carbocycles. The average Bonchev–Trinajstić information content (AvgIpc) is 2.54. The van der Waals surface area contributed by atoms with Crippen molar-refractivity contribution in [2.45, 2.75) is 0 Å². The second-order valence-electron chi connectivity index (χ2n) is 2.30. The molecule has 0 amide bonds. The molecule has 0 aliphatic rings. The minimum absolute atomic E-state index is 0.221. The van der Waals surface area contributed by atoms with Crippen molar-refractivity contribution in [2.75, 3.05) is 7.11 Å². The molecule has 0 unspecified atom stereocenters. The fraction of sp³-hybridized carbons (Fsp3) is 0.143. The molecule has 0 saturated heterocycles. The van der Waals surface area contributed by atoms with Gasteiger partial charge in [-0.05, 0) is 12.1 Å². The average molecular weight is 165 g/mol. The molecule has 0 atom stereocenters. The molecule has 2 heterocycles. The molecule has 0 bridgehead atoms. The van der Waals surface area contributed by atoms with Gasteiger partial charge in [-0.1, -0.05) is 0 Å². The van der Waals surface area contributed by atoms with E-state index in [1.54, 1.807) is 22.7 Å². The molecular weight excluding hydrogens is 158 g/mol. The number of methoxy groups -OCH3 is 1. The van der Waals surface area contributed by atoms with Gasteiger partial charge in [0.2, 0.25) is 0 Å². The number of aromatic nitrogens is 3. The predicted molar refractivity (Wildman–Crippen MR) is 42.4 cm³/mol. The molecular formula is C7H7N3O2. The Morgan fingerprint density at radius 3 is 3.25 bits per heavy atom. The minimum Gasteiger partial charge on any atom is -0.467 e. The molecule has 2 aromatic heterocycles. The molecule has 5 nitrogen and oxygen atoms in total. The summed E-state index contributed by atoms with van der Waals surface area (Å²) in [5.41, 5.74) is 0.308. The molecule has 62 valence electrons. The van der Waals surface area contributed by atoms with Crippen LogP contribution in [0.3, 0.4) is 0 Å². The summed E-state index contributed by atoms with van der Waals surface area (Å²) in [6.45, 7) is 0. The Bertz CT molecular complexity index is 457. The van der Waals surface area contributed by atoms with Crippen molar-refractivity contribution in [1.82, 2.24) is 14.6 Å². The normalized spacial score (nSPS) is 10.4. The number of fused-ring (bicyclic) bond motifs is 1. The molecule has 12 heavy (non-hydrogen) atoms. The third-order valence-corrected chi connectivity index (χ3v) is 1.62. The first-order valence-electron chi connectivity index (χ1n) is 3.42. The predicted octanol–water partition coefficient (Wildman–Crippen LogP) is 0.0312. The van der Waals surface area contributed by atoms with Gasteiger partial charge in [0.25, 0.3) is 5.56 Å². The van der Waals surface area contributed by atoms with Gasteiger partial charge in [-0.3, -0.25) is 9.20 Å². The van der Waals surface area contributed by atoms with Crippen molar-refractivity contribution in [3.05, 3.63) is 28.7 Å². The first kappa shape index (κ1) is 6.90. The summed E-state index contributed by atoms with van der Waals surface area (Å²) in [4.78, 5) is 11.1. The van der Waals surface area contributed by atoms with Crippen LogP contribution in [0.1, 0.15) is 0 Å².